The number of aryl methyl sites for hydroxylation is 1. The van der Waals surface area contributed by atoms with Gasteiger partial charge in [0.15, 0.2) is 10.3 Å². The van der Waals surface area contributed by atoms with Crippen molar-refractivity contribution in [1.29, 1.82) is 0 Å². The smallest absolute Gasteiger partial charge is 0.321 e. The van der Waals surface area contributed by atoms with Crippen molar-refractivity contribution in [2.75, 3.05) is 11.1 Å². The summed E-state index contributed by atoms with van der Waals surface area (Å²) in [5.74, 6) is 0.194. The number of rotatable bonds is 7. The predicted octanol–water partition coefficient (Wildman–Crippen LogP) is 1.90. The highest BCUT2D eigenvalue weighted by atomic mass is 32.2. The van der Waals surface area contributed by atoms with Gasteiger partial charge in [-0.05, 0) is 19.1 Å². The van der Waals surface area contributed by atoms with Crippen LogP contribution in [0.5, 0.6) is 0 Å². The van der Waals surface area contributed by atoms with E-state index in [2.05, 4.69) is 31.1 Å². The van der Waals surface area contributed by atoms with Crippen LogP contribution >= 0.6 is 23.1 Å². The Labute approximate surface area is 185 Å². The lowest BCUT2D eigenvalue weighted by Gasteiger charge is -2.23. The fourth-order valence-corrected chi connectivity index (χ4v) is 4.55. The maximum absolute atomic E-state index is 12.3. The molecule has 4 rings (SSSR count). The highest BCUT2D eigenvalue weighted by Gasteiger charge is 2.27. The summed E-state index contributed by atoms with van der Waals surface area (Å²) < 4.78 is 1.84. The highest BCUT2D eigenvalue weighted by molar-refractivity contribution is 7.99. The summed E-state index contributed by atoms with van der Waals surface area (Å²) in [5.41, 5.74) is 1.68. The van der Waals surface area contributed by atoms with Crippen molar-refractivity contribution in [3.8, 4) is 5.69 Å². The second kappa shape index (κ2) is 9.27. The number of benzene rings is 1. The number of para-hydroxylation sites is 1. The molecule has 1 aromatic carbocycles. The summed E-state index contributed by atoms with van der Waals surface area (Å²) in [5, 5.41) is 19.2. The van der Waals surface area contributed by atoms with Crippen LogP contribution in [-0.2, 0) is 16.0 Å². The summed E-state index contributed by atoms with van der Waals surface area (Å²) in [6.45, 7) is 1.86. The van der Waals surface area contributed by atoms with Gasteiger partial charge >= 0.3 is 6.03 Å². The van der Waals surface area contributed by atoms with Gasteiger partial charge in [-0.15, -0.1) is 21.5 Å². The lowest BCUT2D eigenvalue weighted by molar-refractivity contribution is -0.121. The Kier molecular flexibility index (Phi) is 6.28. The highest BCUT2D eigenvalue weighted by Crippen LogP contribution is 2.24. The molecule has 12 heteroatoms. The Morgan fingerprint density at radius 2 is 2.10 bits per heavy atom. The third-order valence-corrected chi connectivity index (χ3v) is 6.17. The zero-order chi connectivity index (χ0) is 21.8. The first-order valence-electron chi connectivity index (χ1n) is 9.43. The Hall–Kier alpha value is -3.25. The van der Waals surface area contributed by atoms with Crippen LogP contribution in [0.25, 0.3) is 5.69 Å². The van der Waals surface area contributed by atoms with Crippen LogP contribution in [0.2, 0.25) is 0 Å². The van der Waals surface area contributed by atoms with Crippen LogP contribution in [-0.4, -0.2) is 49.4 Å². The molecule has 1 atom stereocenters. The zero-order valence-corrected chi connectivity index (χ0v) is 18.1. The quantitative estimate of drug-likeness (QED) is 0.462. The lowest BCUT2D eigenvalue weighted by Crippen LogP contribution is -2.53. The van der Waals surface area contributed by atoms with Crippen molar-refractivity contribution in [3.63, 3.8) is 0 Å². The number of imide groups is 1. The first-order valence-corrected chi connectivity index (χ1v) is 11.3. The number of hydrogen-bond donors (Lipinski definition) is 3. The third kappa shape index (κ3) is 5.27. The molecule has 10 nitrogen and oxygen atoms in total. The molecule has 1 saturated heterocycles. The normalized spacial score (nSPS) is 16.0. The van der Waals surface area contributed by atoms with Crippen LogP contribution in [0.4, 0.5) is 9.93 Å². The van der Waals surface area contributed by atoms with Crippen molar-refractivity contribution in [3.05, 3.63) is 47.2 Å². The van der Waals surface area contributed by atoms with Gasteiger partial charge in [0.25, 0.3) is 0 Å². The topological polar surface area (TPSA) is 131 Å². The van der Waals surface area contributed by atoms with Crippen molar-refractivity contribution in [2.45, 2.75) is 31.0 Å². The van der Waals surface area contributed by atoms with Crippen LogP contribution in [0.1, 0.15) is 17.9 Å². The second-order valence-corrected chi connectivity index (χ2v) is 8.63. The molecule has 3 aromatic rings. The number of amides is 4. The van der Waals surface area contributed by atoms with E-state index in [0.717, 1.165) is 11.4 Å². The van der Waals surface area contributed by atoms with Gasteiger partial charge in [-0.25, -0.2) is 9.78 Å². The van der Waals surface area contributed by atoms with E-state index in [1.165, 1.54) is 23.1 Å². The summed E-state index contributed by atoms with van der Waals surface area (Å²) in [6.07, 6.45) is 0.484. The second-order valence-electron chi connectivity index (χ2n) is 6.83. The van der Waals surface area contributed by atoms with Crippen molar-refractivity contribution in [2.24, 2.45) is 0 Å². The number of urea groups is 1. The number of anilines is 1. The number of thioether (sulfide) groups is 1. The minimum absolute atomic E-state index is 0.131. The van der Waals surface area contributed by atoms with E-state index < -0.39 is 6.03 Å². The first kappa shape index (κ1) is 21.0. The van der Waals surface area contributed by atoms with Gasteiger partial charge in [0.05, 0.1) is 11.4 Å². The van der Waals surface area contributed by atoms with Gasteiger partial charge in [-0.3, -0.25) is 19.5 Å². The average molecular weight is 458 g/mol. The lowest BCUT2D eigenvalue weighted by atomic mass is 10.1. The molecule has 3 N–H and O–H groups in total. The van der Waals surface area contributed by atoms with Crippen LogP contribution in [0.3, 0.4) is 0 Å². The molecule has 0 bridgehead atoms. The molecule has 2 aromatic heterocycles. The number of thiazole rings is 1. The van der Waals surface area contributed by atoms with Crippen molar-refractivity contribution in [1.82, 2.24) is 30.4 Å². The monoisotopic (exact) mass is 457 g/mol. The van der Waals surface area contributed by atoms with E-state index in [1.807, 2.05) is 47.2 Å². The molecule has 31 heavy (non-hydrogen) atoms. The molecule has 1 aliphatic heterocycles. The van der Waals surface area contributed by atoms with Gasteiger partial charge in [0, 0.05) is 30.0 Å². The molecule has 3 heterocycles. The molecule has 160 valence electrons. The maximum Gasteiger partial charge on any atom is 0.321 e. The summed E-state index contributed by atoms with van der Waals surface area (Å²) >= 11 is 2.62. The van der Waals surface area contributed by atoms with Gasteiger partial charge in [-0.1, -0.05) is 30.0 Å². The van der Waals surface area contributed by atoms with Gasteiger partial charge in [0.1, 0.15) is 5.82 Å². The molecule has 1 aliphatic rings. The van der Waals surface area contributed by atoms with Crippen molar-refractivity contribution < 1.29 is 14.4 Å². The summed E-state index contributed by atoms with van der Waals surface area (Å²) in [4.78, 5) is 39.9. The number of aromatic nitrogens is 4. The fraction of sp³-hybridized carbons (Fsp3) is 0.263. The zero-order valence-electron chi connectivity index (χ0n) is 16.5. The van der Waals surface area contributed by atoms with Gasteiger partial charge in [-0.2, -0.15) is 0 Å². The van der Waals surface area contributed by atoms with E-state index in [9.17, 15) is 14.4 Å². The number of nitrogens with zero attached hydrogens (tertiary/aromatic N) is 4. The molecule has 0 spiro atoms. The minimum atomic E-state index is -0.518. The van der Waals surface area contributed by atoms with E-state index in [0.29, 0.717) is 22.5 Å². The molecule has 0 radical (unpaired) electrons. The van der Waals surface area contributed by atoms with Crippen LogP contribution < -0.4 is 16.0 Å². The Morgan fingerprint density at radius 3 is 2.81 bits per heavy atom. The van der Waals surface area contributed by atoms with E-state index in [4.69, 9.17) is 0 Å². The number of carbonyl (C=O) groups is 3. The molecule has 0 aliphatic carbocycles. The van der Waals surface area contributed by atoms with E-state index in [1.54, 1.807) is 0 Å². The molecule has 1 unspecified atom stereocenters. The fourth-order valence-electron chi connectivity index (χ4n) is 3.08. The van der Waals surface area contributed by atoms with Gasteiger partial charge in [0.2, 0.25) is 11.8 Å². The Morgan fingerprint density at radius 1 is 1.29 bits per heavy atom. The van der Waals surface area contributed by atoms with E-state index >= 15 is 0 Å². The van der Waals surface area contributed by atoms with Crippen LogP contribution in [0.15, 0.2) is 40.9 Å². The summed E-state index contributed by atoms with van der Waals surface area (Å²) in [6, 6.07) is 8.58. The van der Waals surface area contributed by atoms with Crippen LogP contribution in [0, 0.1) is 6.92 Å². The Balaban J connectivity index is 1.51. The standard InChI is InChI=1S/C19H19N7O3S2/c1-11-9-30-18(20-11)23-16(28)10-31-19-25-24-14(26(19)13-5-3-2-4-6-13)7-12-8-15(27)22-17(29)21-12/h2-6,9,12H,7-8,10H2,1H3,(H,20,23,28)(H2,21,22,27,29). The average Bonchev–Trinajstić information content (AvgIpc) is 3.32. The largest absolute Gasteiger partial charge is 0.334 e. The van der Waals surface area contributed by atoms with Gasteiger partial charge < -0.3 is 10.6 Å². The molecule has 0 saturated carbocycles. The molecular weight excluding hydrogens is 438 g/mol. The third-order valence-electron chi connectivity index (χ3n) is 4.36. The maximum atomic E-state index is 12.3. The predicted molar refractivity (Wildman–Crippen MR) is 116 cm³/mol. The van der Waals surface area contributed by atoms with Crippen molar-refractivity contribution >= 4 is 46.1 Å². The molecule has 1 fully saturated rings. The SMILES string of the molecule is Cc1csc(NC(=O)CSc2nnc(CC3CC(=O)NC(=O)N3)n2-c2ccccc2)n1. The molecule has 4 amide bonds. The molecular formula is C19H19N7O3S2. The number of hydrogen-bond acceptors (Lipinski definition) is 8. The first-order chi connectivity index (χ1) is 15.0. The number of nitrogens with one attached hydrogen (secondary N) is 3. The minimum Gasteiger partial charge on any atom is -0.334 e. The Bertz CT molecular complexity index is 1100. The number of carbonyl (C=O) groups excluding carboxylic acids is 3. The summed E-state index contributed by atoms with van der Waals surface area (Å²) in [7, 11) is 0. The van der Waals surface area contributed by atoms with E-state index in [-0.39, 0.29) is 30.0 Å².